The molecule has 1 aliphatic heterocycles. The van der Waals surface area contributed by atoms with Crippen LogP contribution in [-0.4, -0.2) is 74.2 Å². The van der Waals surface area contributed by atoms with Crippen LogP contribution in [0.4, 0.5) is 0 Å². The third kappa shape index (κ3) is 4.61. The van der Waals surface area contributed by atoms with Gasteiger partial charge in [-0.15, -0.1) is 0 Å². The van der Waals surface area contributed by atoms with Crippen LogP contribution in [0.1, 0.15) is 5.56 Å². The number of hydrogen-bond donors (Lipinski definition) is 0. The van der Waals surface area contributed by atoms with Crippen molar-refractivity contribution >= 4 is 10.1 Å². The maximum Gasteiger partial charge on any atom is 0.297 e. The molecular weight excluding hydrogens is 364 g/mol. The van der Waals surface area contributed by atoms with Gasteiger partial charge in [0.1, 0.15) is 24.4 Å². The molecule has 1 aliphatic rings. The van der Waals surface area contributed by atoms with Crippen LogP contribution in [0.3, 0.4) is 0 Å². The molecule has 26 heavy (non-hydrogen) atoms. The zero-order chi connectivity index (χ0) is 19.3. The number of aryl methyl sites for hydroxylation is 1. The number of ether oxygens (including phenoxy) is 5. The average molecular weight is 390 g/mol. The van der Waals surface area contributed by atoms with E-state index in [0.717, 1.165) is 5.56 Å². The van der Waals surface area contributed by atoms with E-state index in [0.29, 0.717) is 0 Å². The maximum absolute atomic E-state index is 12.7. The Balaban J connectivity index is 2.35. The fraction of sp³-hybridized carbons (Fsp3) is 0.647. The largest absolute Gasteiger partial charge is 0.382 e. The molecule has 0 aromatic heterocycles. The van der Waals surface area contributed by atoms with E-state index in [1.807, 2.05) is 6.92 Å². The maximum atomic E-state index is 12.7. The Morgan fingerprint density at radius 3 is 2.04 bits per heavy atom. The fourth-order valence-electron chi connectivity index (χ4n) is 2.92. The second-order valence-electron chi connectivity index (χ2n) is 5.96. The van der Waals surface area contributed by atoms with Crippen molar-refractivity contribution in [3.63, 3.8) is 0 Å². The van der Waals surface area contributed by atoms with Crippen LogP contribution in [0.2, 0.25) is 0 Å². The summed E-state index contributed by atoms with van der Waals surface area (Å²) in [4.78, 5) is 0.0524. The minimum absolute atomic E-state index is 0.0524. The van der Waals surface area contributed by atoms with Gasteiger partial charge in [0.2, 0.25) is 0 Å². The highest BCUT2D eigenvalue weighted by molar-refractivity contribution is 7.86. The molecule has 1 fully saturated rings. The summed E-state index contributed by atoms with van der Waals surface area (Å²) < 4.78 is 58.1. The normalized spacial score (nSPS) is 29.7. The molecule has 9 heteroatoms. The second kappa shape index (κ2) is 9.23. The third-order valence-corrected chi connectivity index (χ3v) is 5.57. The molecule has 0 amide bonds. The van der Waals surface area contributed by atoms with Gasteiger partial charge in [-0.25, -0.2) is 0 Å². The van der Waals surface area contributed by atoms with Gasteiger partial charge in [0.15, 0.2) is 6.29 Å². The van der Waals surface area contributed by atoms with Crippen molar-refractivity contribution in [1.29, 1.82) is 0 Å². The van der Waals surface area contributed by atoms with Crippen molar-refractivity contribution in [3.8, 4) is 0 Å². The molecular formula is C17H26O8S. The predicted octanol–water partition coefficient (Wildman–Crippen LogP) is 1.12. The standard InChI is InChI=1S/C17H26O8S/c1-11-6-8-12(9-7-11)26(18,19)25-15-14(21-3)13(10-20-2)24-17(23-5)16(15)22-4/h6-9,13-17H,10H2,1-5H3/t13-,14-,15+,16-,17-/m1/s1. The lowest BCUT2D eigenvalue weighted by Gasteiger charge is -2.43. The van der Waals surface area contributed by atoms with Gasteiger partial charge in [-0.2, -0.15) is 8.42 Å². The van der Waals surface area contributed by atoms with Crippen LogP contribution in [0.5, 0.6) is 0 Å². The zero-order valence-corrected chi connectivity index (χ0v) is 16.4. The van der Waals surface area contributed by atoms with E-state index in [2.05, 4.69) is 0 Å². The molecule has 0 bridgehead atoms. The first-order valence-electron chi connectivity index (χ1n) is 8.10. The molecule has 2 rings (SSSR count). The minimum Gasteiger partial charge on any atom is -0.382 e. The van der Waals surface area contributed by atoms with Gasteiger partial charge in [-0.05, 0) is 19.1 Å². The van der Waals surface area contributed by atoms with E-state index in [9.17, 15) is 8.42 Å². The highest BCUT2D eigenvalue weighted by Crippen LogP contribution is 2.30. The molecule has 1 heterocycles. The Morgan fingerprint density at radius 2 is 1.54 bits per heavy atom. The van der Waals surface area contributed by atoms with Crippen LogP contribution in [0, 0.1) is 6.92 Å². The predicted molar refractivity (Wildman–Crippen MR) is 92.4 cm³/mol. The van der Waals surface area contributed by atoms with E-state index < -0.39 is 40.8 Å². The van der Waals surface area contributed by atoms with Crippen LogP contribution in [-0.2, 0) is 38.0 Å². The van der Waals surface area contributed by atoms with E-state index >= 15 is 0 Å². The van der Waals surface area contributed by atoms with Gasteiger partial charge in [-0.3, -0.25) is 4.18 Å². The first kappa shape index (κ1) is 21.2. The lowest BCUT2D eigenvalue weighted by molar-refractivity contribution is -0.298. The molecule has 1 aromatic carbocycles. The summed E-state index contributed by atoms with van der Waals surface area (Å²) >= 11 is 0. The van der Waals surface area contributed by atoms with Crippen LogP contribution in [0.15, 0.2) is 29.2 Å². The molecule has 0 unspecified atom stereocenters. The van der Waals surface area contributed by atoms with Crippen molar-refractivity contribution in [2.75, 3.05) is 35.0 Å². The van der Waals surface area contributed by atoms with Crippen molar-refractivity contribution in [2.24, 2.45) is 0 Å². The first-order valence-corrected chi connectivity index (χ1v) is 9.51. The van der Waals surface area contributed by atoms with Crippen molar-refractivity contribution in [2.45, 2.75) is 42.5 Å². The molecule has 0 saturated carbocycles. The molecule has 0 spiro atoms. The molecule has 0 radical (unpaired) electrons. The Bertz CT molecular complexity index is 660. The first-order chi connectivity index (χ1) is 12.4. The second-order valence-corrected chi connectivity index (χ2v) is 7.53. The summed E-state index contributed by atoms with van der Waals surface area (Å²) in [6.45, 7) is 2.05. The van der Waals surface area contributed by atoms with E-state index in [1.54, 1.807) is 12.1 Å². The van der Waals surface area contributed by atoms with Gasteiger partial charge in [0.25, 0.3) is 10.1 Å². The van der Waals surface area contributed by atoms with E-state index in [-0.39, 0.29) is 11.5 Å². The fourth-order valence-corrected chi connectivity index (χ4v) is 4.01. The molecule has 148 valence electrons. The van der Waals surface area contributed by atoms with Crippen LogP contribution in [0.25, 0.3) is 0 Å². The quantitative estimate of drug-likeness (QED) is 0.610. The Hall–Kier alpha value is -1.07. The monoisotopic (exact) mass is 390 g/mol. The third-order valence-electron chi connectivity index (χ3n) is 4.25. The van der Waals surface area contributed by atoms with Crippen molar-refractivity contribution in [1.82, 2.24) is 0 Å². The Morgan fingerprint density at radius 1 is 0.923 bits per heavy atom. The SMILES string of the molecule is COC[C@H]1O[C@@H](OC)[C@H](OC)[C@@H](OS(=O)(=O)c2ccc(C)cc2)[C@@H]1OC. The van der Waals surface area contributed by atoms with Crippen LogP contribution < -0.4 is 0 Å². The summed E-state index contributed by atoms with van der Waals surface area (Å²) in [5.74, 6) is 0. The average Bonchev–Trinajstić information content (AvgIpc) is 2.61. The summed E-state index contributed by atoms with van der Waals surface area (Å²) in [7, 11) is 1.79. The van der Waals surface area contributed by atoms with Crippen molar-refractivity contribution in [3.05, 3.63) is 29.8 Å². The van der Waals surface area contributed by atoms with Crippen molar-refractivity contribution < 1.29 is 36.3 Å². The minimum atomic E-state index is -4.04. The molecule has 0 aliphatic carbocycles. The number of methoxy groups -OCH3 is 4. The summed E-state index contributed by atoms with van der Waals surface area (Å²) in [5.41, 5.74) is 0.944. The molecule has 0 N–H and O–H groups in total. The highest BCUT2D eigenvalue weighted by atomic mass is 32.2. The van der Waals surface area contributed by atoms with E-state index in [4.69, 9.17) is 27.9 Å². The van der Waals surface area contributed by atoms with Gasteiger partial charge < -0.3 is 23.7 Å². The van der Waals surface area contributed by atoms with Crippen LogP contribution >= 0.6 is 0 Å². The lowest BCUT2D eigenvalue weighted by Crippen LogP contribution is -2.61. The van der Waals surface area contributed by atoms with Gasteiger partial charge in [0.05, 0.1) is 11.5 Å². The van der Waals surface area contributed by atoms with Gasteiger partial charge in [0, 0.05) is 28.4 Å². The molecule has 1 aromatic rings. The molecule has 1 saturated heterocycles. The molecule has 8 nitrogen and oxygen atoms in total. The van der Waals surface area contributed by atoms with Gasteiger partial charge in [-0.1, -0.05) is 17.7 Å². The summed E-state index contributed by atoms with van der Waals surface area (Å²) in [6, 6.07) is 6.39. The number of rotatable bonds is 8. The topological polar surface area (TPSA) is 89.5 Å². The highest BCUT2D eigenvalue weighted by Gasteiger charge is 2.49. The zero-order valence-electron chi connectivity index (χ0n) is 15.6. The Labute approximate surface area is 154 Å². The van der Waals surface area contributed by atoms with Gasteiger partial charge >= 0.3 is 0 Å². The smallest absolute Gasteiger partial charge is 0.297 e. The van der Waals surface area contributed by atoms with E-state index in [1.165, 1.54) is 40.6 Å². The summed E-state index contributed by atoms with van der Waals surface area (Å²) in [6.07, 6.45) is -3.93. The number of hydrogen-bond acceptors (Lipinski definition) is 8. The number of benzene rings is 1. The Kier molecular flexibility index (Phi) is 7.53. The lowest BCUT2D eigenvalue weighted by atomic mass is 9.99. The summed E-state index contributed by atoms with van der Waals surface area (Å²) in [5, 5.41) is 0. The molecule has 5 atom stereocenters.